The van der Waals surface area contributed by atoms with E-state index in [1.54, 1.807) is 18.3 Å². The van der Waals surface area contributed by atoms with Gasteiger partial charge in [0.1, 0.15) is 5.82 Å². The summed E-state index contributed by atoms with van der Waals surface area (Å²) in [5.74, 6) is 0.516. The molecule has 2 aromatic rings. The van der Waals surface area contributed by atoms with Crippen molar-refractivity contribution in [1.29, 1.82) is 0 Å². The van der Waals surface area contributed by atoms with Gasteiger partial charge in [0, 0.05) is 17.8 Å². The minimum absolute atomic E-state index is 0.309. The Labute approximate surface area is 116 Å². The monoisotopic (exact) mass is 275 g/mol. The van der Waals surface area contributed by atoms with Gasteiger partial charge in [0.25, 0.3) is 0 Å². The molecule has 1 heterocycles. The fraction of sp³-hybridized carbons (Fsp3) is 0.143. The minimum atomic E-state index is -0.309. The molecule has 0 saturated carbocycles. The van der Waals surface area contributed by atoms with Gasteiger partial charge in [0.15, 0.2) is 0 Å². The number of nitrogens with zero attached hydrogens (tertiary/aromatic N) is 1. The molecule has 0 aliphatic heterocycles. The van der Waals surface area contributed by atoms with E-state index in [1.165, 1.54) is 0 Å². The van der Waals surface area contributed by atoms with Crippen LogP contribution in [0, 0.1) is 6.92 Å². The Morgan fingerprint density at radius 1 is 1.26 bits per heavy atom. The third kappa shape index (κ3) is 3.96. The van der Waals surface area contributed by atoms with Crippen molar-refractivity contribution in [2.24, 2.45) is 0 Å². The van der Waals surface area contributed by atoms with Crippen molar-refractivity contribution < 1.29 is 4.79 Å². The highest BCUT2D eigenvalue weighted by molar-refractivity contribution is 6.31. The third-order valence-corrected chi connectivity index (χ3v) is 2.92. The number of hydrogen-bond acceptors (Lipinski definition) is 2. The second-order valence-electron chi connectivity index (χ2n) is 4.12. The van der Waals surface area contributed by atoms with Crippen LogP contribution in [0.3, 0.4) is 0 Å². The van der Waals surface area contributed by atoms with Gasteiger partial charge in [-0.05, 0) is 30.2 Å². The molecular weight excluding hydrogens is 262 g/mol. The van der Waals surface area contributed by atoms with Gasteiger partial charge in [0.2, 0.25) is 0 Å². The first-order valence-electron chi connectivity index (χ1n) is 5.86. The Morgan fingerprint density at radius 3 is 2.74 bits per heavy atom. The van der Waals surface area contributed by atoms with Crippen LogP contribution in [0.1, 0.15) is 11.1 Å². The molecule has 0 aliphatic carbocycles. The predicted octanol–water partition coefficient (Wildman–Crippen LogP) is 3.37. The lowest BCUT2D eigenvalue weighted by Gasteiger charge is -2.08. The first kappa shape index (κ1) is 13.4. The molecule has 0 atom stereocenters. The summed E-state index contributed by atoms with van der Waals surface area (Å²) >= 11 is 6.00. The topological polar surface area (TPSA) is 54.0 Å². The largest absolute Gasteiger partial charge is 0.334 e. The van der Waals surface area contributed by atoms with Crippen LogP contribution < -0.4 is 10.6 Å². The van der Waals surface area contributed by atoms with Gasteiger partial charge >= 0.3 is 6.03 Å². The van der Waals surface area contributed by atoms with Crippen molar-refractivity contribution >= 4 is 23.4 Å². The summed E-state index contributed by atoms with van der Waals surface area (Å²) in [5.41, 5.74) is 1.92. The molecule has 2 N–H and O–H groups in total. The Kier molecular flexibility index (Phi) is 4.36. The zero-order valence-corrected chi connectivity index (χ0v) is 11.2. The Morgan fingerprint density at radius 2 is 2.05 bits per heavy atom. The Hall–Kier alpha value is -2.07. The van der Waals surface area contributed by atoms with Crippen LogP contribution in [0.4, 0.5) is 10.6 Å². The van der Waals surface area contributed by atoms with Crippen molar-refractivity contribution in [3.63, 3.8) is 0 Å². The lowest BCUT2D eigenvalue weighted by molar-refractivity contribution is 0.251. The van der Waals surface area contributed by atoms with Crippen LogP contribution in [0.25, 0.3) is 0 Å². The smallest absolute Gasteiger partial charge is 0.320 e. The van der Waals surface area contributed by atoms with E-state index < -0.39 is 0 Å². The van der Waals surface area contributed by atoms with Gasteiger partial charge in [0.05, 0.1) is 0 Å². The molecule has 0 saturated heterocycles. The highest BCUT2D eigenvalue weighted by Gasteiger charge is 2.04. The zero-order valence-electron chi connectivity index (χ0n) is 10.5. The van der Waals surface area contributed by atoms with E-state index in [2.05, 4.69) is 15.6 Å². The molecule has 1 aromatic heterocycles. The summed E-state index contributed by atoms with van der Waals surface area (Å²) in [6, 6.07) is 10.7. The number of benzene rings is 1. The van der Waals surface area contributed by atoms with E-state index >= 15 is 0 Å². The van der Waals surface area contributed by atoms with Crippen LogP contribution in [0.5, 0.6) is 0 Å². The number of urea groups is 1. The molecule has 1 aromatic carbocycles. The summed E-state index contributed by atoms with van der Waals surface area (Å²) in [5, 5.41) is 6.02. The number of halogens is 1. The second kappa shape index (κ2) is 6.20. The molecule has 2 rings (SSSR count). The van der Waals surface area contributed by atoms with E-state index in [1.807, 2.05) is 31.2 Å². The highest BCUT2D eigenvalue weighted by Crippen LogP contribution is 2.14. The standard InChI is InChI=1S/C14H14ClN3O/c1-10-6-7-13(16-8-10)18-14(19)17-9-11-4-2-3-5-12(11)15/h2-8H,9H2,1H3,(H2,16,17,18,19). The lowest BCUT2D eigenvalue weighted by atomic mass is 10.2. The van der Waals surface area contributed by atoms with E-state index in [-0.39, 0.29) is 6.03 Å². The third-order valence-electron chi connectivity index (χ3n) is 2.55. The van der Waals surface area contributed by atoms with E-state index in [4.69, 9.17) is 11.6 Å². The van der Waals surface area contributed by atoms with Crippen LogP contribution in [-0.4, -0.2) is 11.0 Å². The maximum Gasteiger partial charge on any atom is 0.320 e. The van der Waals surface area contributed by atoms with Crippen molar-refractivity contribution in [1.82, 2.24) is 10.3 Å². The maximum atomic E-state index is 11.7. The number of nitrogens with one attached hydrogen (secondary N) is 2. The normalized spacial score (nSPS) is 10.0. The SMILES string of the molecule is Cc1ccc(NC(=O)NCc2ccccc2Cl)nc1. The average Bonchev–Trinajstić information content (AvgIpc) is 2.40. The Balaban J connectivity index is 1.88. The molecule has 0 bridgehead atoms. The number of amides is 2. The van der Waals surface area contributed by atoms with E-state index in [0.29, 0.717) is 17.4 Å². The summed E-state index contributed by atoms with van der Waals surface area (Å²) < 4.78 is 0. The van der Waals surface area contributed by atoms with Gasteiger partial charge in [-0.15, -0.1) is 0 Å². The number of aromatic nitrogens is 1. The van der Waals surface area contributed by atoms with Crippen molar-refractivity contribution in [2.45, 2.75) is 13.5 Å². The van der Waals surface area contributed by atoms with Crippen molar-refractivity contribution in [3.05, 3.63) is 58.7 Å². The molecule has 2 amide bonds. The molecular formula is C14H14ClN3O. The molecule has 0 unspecified atom stereocenters. The van der Waals surface area contributed by atoms with Crippen molar-refractivity contribution in [2.75, 3.05) is 5.32 Å². The minimum Gasteiger partial charge on any atom is -0.334 e. The van der Waals surface area contributed by atoms with Crippen LogP contribution >= 0.6 is 11.6 Å². The van der Waals surface area contributed by atoms with Gasteiger partial charge < -0.3 is 5.32 Å². The summed E-state index contributed by atoms with van der Waals surface area (Å²) in [6.45, 7) is 2.31. The summed E-state index contributed by atoms with van der Waals surface area (Å²) in [4.78, 5) is 15.8. The molecule has 98 valence electrons. The van der Waals surface area contributed by atoms with Crippen LogP contribution in [0.2, 0.25) is 5.02 Å². The number of aryl methyl sites for hydroxylation is 1. The molecule has 4 nitrogen and oxygen atoms in total. The first-order chi connectivity index (χ1) is 9.15. The lowest BCUT2D eigenvalue weighted by Crippen LogP contribution is -2.28. The molecule has 0 spiro atoms. The highest BCUT2D eigenvalue weighted by atomic mass is 35.5. The first-order valence-corrected chi connectivity index (χ1v) is 6.24. The number of carbonyl (C=O) groups excluding carboxylic acids is 1. The number of hydrogen-bond donors (Lipinski definition) is 2. The molecule has 0 radical (unpaired) electrons. The maximum absolute atomic E-state index is 11.7. The fourth-order valence-corrected chi connectivity index (χ4v) is 1.72. The predicted molar refractivity (Wildman–Crippen MR) is 76.3 cm³/mol. The quantitative estimate of drug-likeness (QED) is 0.902. The number of carbonyl (C=O) groups is 1. The molecule has 0 fully saturated rings. The van der Waals surface area contributed by atoms with Crippen LogP contribution in [0.15, 0.2) is 42.6 Å². The van der Waals surface area contributed by atoms with Gasteiger partial charge in [-0.1, -0.05) is 35.9 Å². The molecule has 5 heteroatoms. The summed E-state index contributed by atoms with van der Waals surface area (Å²) in [6.07, 6.45) is 1.70. The van der Waals surface area contributed by atoms with Gasteiger partial charge in [-0.2, -0.15) is 0 Å². The van der Waals surface area contributed by atoms with E-state index in [0.717, 1.165) is 11.1 Å². The zero-order chi connectivity index (χ0) is 13.7. The molecule has 0 aliphatic rings. The van der Waals surface area contributed by atoms with Gasteiger partial charge in [-0.3, -0.25) is 5.32 Å². The number of rotatable bonds is 3. The number of pyridine rings is 1. The van der Waals surface area contributed by atoms with Gasteiger partial charge in [-0.25, -0.2) is 9.78 Å². The van der Waals surface area contributed by atoms with Crippen molar-refractivity contribution in [3.8, 4) is 0 Å². The fourth-order valence-electron chi connectivity index (χ4n) is 1.52. The Bertz CT molecular complexity index is 569. The summed E-state index contributed by atoms with van der Waals surface area (Å²) in [7, 11) is 0. The number of anilines is 1. The van der Waals surface area contributed by atoms with Crippen LogP contribution in [-0.2, 0) is 6.54 Å². The second-order valence-corrected chi connectivity index (χ2v) is 4.53. The average molecular weight is 276 g/mol. The molecule has 19 heavy (non-hydrogen) atoms. The van der Waals surface area contributed by atoms with E-state index in [9.17, 15) is 4.79 Å².